The van der Waals surface area contributed by atoms with Gasteiger partial charge in [-0.25, -0.2) is 0 Å². The normalized spacial score (nSPS) is 22.6. The fraction of sp³-hybridized carbons (Fsp3) is 0.579. The summed E-state index contributed by atoms with van der Waals surface area (Å²) in [6, 6.07) is 7.55. The van der Waals surface area contributed by atoms with Crippen molar-refractivity contribution in [2.24, 2.45) is 0 Å². The summed E-state index contributed by atoms with van der Waals surface area (Å²) in [5.41, 5.74) is 1.90. The van der Waals surface area contributed by atoms with Crippen LogP contribution < -0.4 is 5.32 Å². The van der Waals surface area contributed by atoms with Gasteiger partial charge in [0.1, 0.15) is 6.10 Å². The zero-order valence-electron chi connectivity index (χ0n) is 15.0. The summed E-state index contributed by atoms with van der Waals surface area (Å²) < 4.78 is 5.49. The third kappa shape index (κ3) is 4.19. The van der Waals surface area contributed by atoms with Gasteiger partial charge in [0, 0.05) is 38.5 Å². The van der Waals surface area contributed by atoms with Gasteiger partial charge in [-0.05, 0) is 38.3 Å². The first-order chi connectivity index (χ1) is 12.1. The van der Waals surface area contributed by atoms with Crippen LogP contribution in [0.1, 0.15) is 25.3 Å². The molecule has 2 heterocycles. The molecule has 6 heteroatoms. The molecule has 0 aliphatic carbocycles. The number of ether oxygens (including phenoxy) is 1. The van der Waals surface area contributed by atoms with E-state index < -0.39 is 0 Å². The van der Waals surface area contributed by atoms with Gasteiger partial charge in [-0.1, -0.05) is 18.2 Å². The number of nitrogens with zero attached hydrogens (tertiary/aromatic N) is 2. The maximum Gasteiger partial charge on any atom is 0.251 e. The summed E-state index contributed by atoms with van der Waals surface area (Å²) in [5.74, 6) is 0.0994. The van der Waals surface area contributed by atoms with Crippen molar-refractivity contribution in [3.63, 3.8) is 0 Å². The van der Waals surface area contributed by atoms with Crippen molar-refractivity contribution >= 4 is 17.5 Å². The van der Waals surface area contributed by atoms with E-state index in [9.17, 15) is 9.59 Å². The molecule has 2 aliphatic heterocycles. The number of piperazine rings is 1. The van der Waals surface area contributed by atoms with Gasteiger partial charge < -0.3 is 15.0 Å². The van der Waals surface area contributed by atoms with Crippen molar-refractivity contribution in [2.45, 2.75) is 38.8 Å². The topological polar surface area (TPSA) is 61.9 Å². The maximum absolute atomic E-state index is 12.5. The molecular formula is C19H27N3O3. The number of hydrogen-bond acceptors (Lipinski definition) is 4. The SMILES string of the molecule is Cc1ccccc1NC(=O)C(C)N1CCN(C(=O)C2CCCO2)CC1. The van der Waals surface area contributed by atoms with Crippen molar-refractivity contribution in [3.8, 4) is 0 Å². The molecule has 0 saturated carbocycles. The molecule has 2 fully saturated rings. The molecule has 0 radical (unpaired) electrons. The molecule has 2 atom stereocenters. The van der Waals surface area contributed by atoms with Crippen molar-refractivity contribution < 1.29 is 14.3 Å². The fourth-order valence-electron chi connectivity index (χ4n) is 3.42. The lowest BCUT2D eigenvalue weighted by molar-refractivity contribution is -0.143. The van der Waals surface area contributed by atoms with E-state index in [1.165, 1.54) is 0 Å². The van der Waals surface area contributed by atoms with Crippen LogP contribution in [0.25, 0.3) is 0 Å². The molecule has 0 aromatic heterocycles. The second-order valence-corrected chi connectivity index (χ2v) is 6.84. The van der Waals surface area contributed by atoms with Crippen LogP contribution >= 0.6 is 0 Å². The van der Waals surface area contributed by atoms with Crippen LogP contribution in [0.5, 0.6) is 0 Å². The zero-order chi connectivity index (χ0) is 17.8. The van der Waals surface area contributed by atoms with Crippen LogP contribution in [0, 0.1) is 6.92 Å². The van der Waals surface area contributed by atoms with Crippen molar-refractivity contribution in [3.05, 3.63) is 29.8 Å². The Kier molecular flexibility index (Phi) is 5.71. The van der Waals surface area contributed by atoms with Crippen molar-refractivity contribution in [1.29, 1.82) is 0 Å². The van der Waals surface area contributed by atoms with Crippen LogP contribution in [-0.4, -0.2) is 66.5 Å². The Morgan fingerprint density at radius 1 is 1.20 bits per heavy atom. The predicted octanol–water partition coefficient (Wildman–Crippen LogP) is 1.65. The number of rotatable bonds is 4. The summed E-state index contributed by atoms with van der Waals surface area (Å²) in [6.45, 7) is 7.32. The number of benzene rings is 1. The Morgan fingerprint density at radius 2 is 1.92 bits per heavy atom. The number of carbonyl (C=O) groups is 2. The van der Waals surface area contributed by atoms with Crippen molar-refractivity contribution in [1.82, 2.24) is 9.80 Å². The number of hydrogen-bond donors (Lipinski definition) is 1. The first kappa shape index (κ1) is 17.9. The lowest BCUT2D eigenvalue weighted by Crippen LogP contribution is -2.55. The van der Waals surface area contributed by atoms with E-state index >= 15 is 0 Å². The van der Waals surface area contributed by atoms with Gasteiger partial charge in [-0.15, -0.1) is 0 Å². The third-order valence-corrected chi connectivity index (χ3v) is 5.16. The van der Waals surface area contributed by atoms with Gasteiger partial charge in [0.25, 0.3) is 5.91 Å². The van der Waals surface area contributed by atoms with Crippen molar-refractivity contribution in [2.75, 3.05) is 38.1 Å². The second kappa shape index (κ2) is 7.97. The Morgan fingerprint density at radius 3 is 2.56 bits per heavy atom. The van der Waals surface area contributed by atoms with E-state index in [-0.39, 0.29) is 24.0 Å². The van der Waals surface area contributed by atoms with Crippen LogP contribution in [-0.2, 0) is 14.3 Å². The molecule has 2 saturated heterocycles. The van der Waals surface area contributed by atoms with Gasteiger partial charge in [0.2, 0.25) is 5.91 Å². The molecule has 2 aliphatic rings. The van der Waals surface area contributed by atoms with Crippen LogP contribution in [0.15, 0.2) is 24.3 Å². The molecule has 2 amide bonds. The van der Waals surface area contributed by atoms with Crippen LogP contribution in [0.3, 0.4) is 0 Å². The minimum atomic E-state index is -0.256. The summed E-state index contributed by atoms with van der Waals surface area (Å²) in [5, 5.41) is 3.00. The molecule has 25 heavy (non-hydrogen) atoms. The molecule has 136 valence electrons. The Bertz CT molecular complexity index is 620. The number of para-hydroxylation sites is 1. The van der Waals surface area contributed by atoms with Gasteiger partial charge in [-0.2, -0.15) is 0 Å². The summed E-state index contributed by atoms with van der Waals surface area (Å²) >= 11 is 0. The van der Waals surface area contributed by atoms with Gasteiger partial charge >= 0.3 is 0 Å². The number of amides is 2. The smallest absolute Gasteiger partial charge is 0.251 e. The number of anilines is 1. The molecule has 0 bridgehead atoms. The Hall–Kier alpha value is -1.92. The lowest BCUT2D eigenvalue weighted by Gasteiger charge is -2.38. The lowest BCUT2D eigenvalue weighted by atomic mass is 10.1. The second-order valence-electron chi connectivity index (χ2n) is 6.84. The van der Waals surface area contributed by atoms with Crippen LogP contribution in [0.2, 0.25) is 0 Å². The first-order valence-corrected chi connectivity index (χ1v) is 9.07. The monoisotopic (exact) mass is 345 g/mol. The number of nitrogens with one attached hydrogen (secondary N) is 1. The molecule has 0 spiro atoms. The molecule has 1 aromatic rings. The number of carbonyl (C=O) groups excluding carboxylic acids is 2. The standard InChI is InChI=1S/C19H27N3O3/c1-14-6-3-4-7-16(14)20-18(23)15(2)21-9-11-22(12-10-21)19(24)17-8-5-13-25-17/h3-4,6-7,15,17H,5,8-13H2,1-2H3,(H,20,23). The van der Waals surface area contributed by atoms with Gasteiger partial charge in [-0.3, -0.25) is 14.5 Å². The van der Waals surface area contributed by atoms with E-state index in [1.54, 1.807) is 0 Å². The largest absolute Gasteiger partial charge is 0.368 e. The quantitative estimate of drug-likeness (QED) is 0.901. The van der Waals surface area contributed by atoms with Gasteiger partial charge in [0.15, 0.2) is 0 Å². The predicted molar refractivity (Wildman–Crippen MR) is 96.4 cm³/mol. The summed E-state index contributed by atoms with van der Waals surface area (Å²) in [7, 11) is 0. The van der Waals surface area contributed by atoms with E-state index in [4.69, 9.17) is 4.74 Å². The summed E-state index contributed by atoms with van der Waals surface area (Å²) in [6.07, 6.45) is 1.54. The highest BCUT2D eigenvalue weighted by atomic mass is 16.5. The van der Waals surface area contributed by atoms with E-state index in [1.807, 2.05) is 43.0 Å². The number of aryl methyl sites for hydroxylation is 1. The van der Waals surface area contributed by atoms with E-state index in [0.29, 0.717) is 32.8 Å². The molecule has 3 rings (SSSR count). The third-order valence-electron chi connectivity index (χ3n) is 5.16. The average Bonchev–Trinajstić information content (AvgIpc) is 3.17. The molecule has 2 unspecified atom stereocenters. The Labute approximate surface area is 149 Å². The fourth-order valence-corrected chi connectivity index (χ4v) is 3.42. The summed E-state index contributed by atoms with van der Waals surface area (Å²) in [4.78, 5) is 28.9. The van der Waals surface area contributed by atoms with Gasteiger partial charge in [0.05, 0.1) is 6.04 Å². The highest BCUT2D eigenvalue weighted by Crippen LogP contribution is 2.18. The highest BCUT2D eigenvalue weighted by molar-refractivity contribution is 5.95. The minimum absolute atomic E-state index is 0.00629. The molecule has 1 N–H and O–H groups in total. The first-order valence-electron chi connectivity index (χ1n) is 9.07. The Balaban J connectivity index is 1.50. The van der Waals surface area contributed by atoms with E-state index in [2.05, 4.69) is 10.2 Å². The minimum Gasteiger partial charge on any atom is -0.368 e. The highest BCUT2D eigenvalue weighted by Gasteiger charge is 2.32. The van der Waals surface area contributed by atoms with E-state index in [0.717, 1.165) is 24.1 Å². The average molecular weight is 345 g/mol. The molecular weight excluding hydrogens is 318 g/mol. The van der Waals surface area contributed by atoms with Crippen LogP contribution in [0.4, 0.5) is 5.69 Å². The maximum atomic E-state index is 12.5. The zero-order valence-corrected chi connectivity index (χ0v) is 15.0. The molecule has 6 nitrogen and oxygen atoms in total. The molecule has 1 aromatic carbocycles.